The third-order valence-corrected chi connectivity index (χ3v) is 4.82. The summed E-state index contributed by atoms with van der Waals surface area (Å²) < 4.78 is 5.36. The van der Waals surface area contributed by atoms with Gasteiger partial charge in [-0.05, 0) is 30.2 Å². The van der Waals surface area contributed by atoms with Gasteiger partial charge in [-0.15, -0.1) is 0 Å². The predicted octanol–water partition coefficient (Wildman–Crippen LogP) is 3.73. The van der Waals surface area contributed by atoms with Gasteiger partial charge < -0.3 is 14.7 Å². The molecule has 150 valence electrons. The van der Waals surface area contributed by atoms with Crippen molar-refractivity contribution >= 4 is 17.3 Å². The predicted molar refractivity (Wildman–Crippen MR) is 112 cm³/mol. The molecule has 1 N–H and O–H groups in total. The van der Waals surface area contributed by atoms with E-state index in [4.69, 9.17) is 21.2 Å². The Morgan fingerprint density at radius 2 is 2.07 bits per heavy atom. The van der Waals surface area contributed by atoms with Crippen LogP contribution in [0.2, 0.25) is 5.02 Å². The molecule has 0 amide bonds. The average Bonchev–Trinajstić information content (AvgIpc) is 3.15. The number of ether oxygens (including phenoxy) is 1. The molecule has 0 radical (unpaired) electrons. The van der Waals surface area contributed by atoms with Crippen LogP contribution >= 0.6 is 11.6 Å². The lowest BCUT2D eigenvalue weighted by atomic mass is 10.0. The fraction of sp³-hybridized carbons (Fsp3) is 0.409. The molecule has 0 spiro atoms. The van der Waals surface area contributed by atoms with Crippen LogP contribution in [0.25, 0.3) is 0 Å². The van der Waals surface area contributed by atoms with Crippen LogP contribution in [0.15, 0.2) is 59.8 Å². The number of hydrogen-bond donors (Lipinski definition) is 1. The third-order valence-electron chi connectivity index (χ3n) is 4.58. The van der Waals surface area contributed by atoms with Gasteiger partial charge in [-0.3, -0.25) is 4.90 Å². The summed E-state index contributed by atoms with van der Waals surface area (Å²) in [7, 11) is 0. The summed E-state index contributed by atoms with van der Waals surface area (Å²) in [4.78, 5) is 7.85. The van der Waals surface area contributed by atoms with Crippen molar-refractivity contribution in [3.63, 3.8) is 0 Å². The van der Waals surface area contributed by atoms with Crippen LogP contribution in [0.3, 0.4) is 0 Å². The van der Waals surface area contributed by atoms with Gasteiger partial charge in [-0.2, -0.15) is 0 Å². The lowest BCUT2D eigenvalue weighted by Gasteiger charge is -2.27. The smallest absolute Gasteiger partial charge is 0.145 e. The molecule has 5 nitrogen and oxygen atoms in total. The van der Waals surface area contributed by atoms with E-state index < -0.39 is 6.10 Å². The van der Waals surface area contributed by atoms with E-state index in [9.17, 15) is 5.11 Å². The van der Waals surface area contributed by atoms with Gasteiger partial charge in [0.1, 0.15) is 6.10 Å². The van der Waals surface area contributed by atoms with E-state index in [-0.39, 0.29) is 6.10 Å². The van der Waals surface area contributed by atoms with E-state index in [1.807, 2.05) is 61.5 Å². The second-order valence-electron chi connectivity index (χ2n) is 6.97. The molecule has 0 saturated heterocycles. The maximum atomic E-state index is 10.3. The highest BCUT2D eigenvalue weighted by Gasteiger charge is 2.25. The SMILES string of the molecule is CCOCC(O)CN(Cc1cccc(Cl)c1)CC1CC(c2ccccc2)=NO1. The molecule has 0 aliphatic carbocycles. The topological polar surface area (TPSA) is 54.3 Å². The molecule has 2 unspecified atom stereocenters. The van der Waals surface area contributed by atoms with Crippen molar-refractivity contribution in [2.45, 2.75) is 32.1 Å². The summed E-state index contributed by atoms with van der Waals surface area (Å²) in [6.45, 7) is 4.66. The molecule has 1 heterocycles. The van der Waals surface area contributed by atoms with Gasteiger partial charge in [0.05, 0.1) is 18.4 Å². The third kappa shape index (κ3) is 6.31. The van der Waals surface area contributed by atoms with Crippen LogP contribution in [-0.2, 0) is 16.1 Å². The van der Waals surface area contributed by atoms with Gasteiger partial charge in [0.15, 0.2) is 0 Å². The zero-order valence-electron chi connectivity index (χ0n) is 16.1. The van der Waals surface area contributed by atoms with Crippen molar-refractivity contribution in [1.29, 1.82) is 0 Å². The minimum absolute atomic E-state index is 0.0475. The van der Waals surface area contributed by atoms with Crippen LogP contribution < -0.4 is 0 Å². The Hall–Kier alpha value is -1.92. The monoisotopic (exact) mass is 402 g/mol. The molecular weight excluding hydrogens is 376 g/mol. The van der Waals surface area contributed by atoms with Crippen molar-refractivity contribution < 1.29 is 14.7 Å². The fourth-order valence-corrected chi connectivity index (χ4v) is 3.53. The van der Waals surface area contributed by atoms with Crippen LogP contribution in [0.4, 0.5) is 0 Å². The molecule has 2 aromatic rings. The first-order chi connectivity index (χ1) is 13.6. The first-order valence-corrected chi connectivity index (χ1v) is 10.0. The van der Waals surface area contributed by atoms with Crippen molar-refractivity contribution in [1.82, 2.24) is 4.90 Å². The number of aliphatic hydroxyl groups excluding tert-OH is 1. The standard InChI is InChI=1S/C22H27ClN2O3/c1-2-27-16-20(26)14-25(13-17-7-6-10-19(23)11-17)15-21-12-22(24-28-21)18-8-4-3-5-9-18/h3-11,20-21,26H,2,12-16H2,1H3. The molecule has 2 aromatic carbocycles. The molecule has 1 aliphatic rings. The van der Waals surface area contributed by atoms with Crippen molar-refractivity contribution in [3.05, 3.63) is 70.7 Å². The van der Waals surface area contributed by atoms with Crippen molar-refractivity contribution in [2.24, 2.45) is 5.16 Å². The molecule has 0 fully saturated rings. The summed E-state index contributed by atoms with van der Waals surface area (Å²) in [5.74, 6) is 0. The Labute approximate surface area is 171 Å². The molecule has 0 aromatic heterocycles. The van der Waals surface area contributed by atoms with Gasteiger partial charge in [-0.25, -0.2) is 0 Å². The van der Waals surface area contributed by atoms with E-state index in [1.165, 1.54) is 0 Å². The Kier molecular flexibility index (Phi) is 7.86. The number of aliphatic hydroxyl groups is 1. The van der Waals surface area contributed by atoms with E-state index in [1.54, 1.807) is 0 Å². The maximum absolute atomic E-state index is 10.3. The molecule has 1 aliphatic heterocycles. The number of nitrogens with zero attached hydrogens (tertiary/aromatic N) is 2. The van der Waals surface area contributed by atoms with E-state index in [2.05, 4.69) is 10.1 Å². The van der Waals surface area contributed by atoms with Crippen molar-refractivity contribution in [2.75, 3.05) is 26.3 Å². The number of halogens is 1. The van der Waals surface area contributed by atoms with Gasteiger partial charge in [-0.1, -0.05) is 59.2 Å². The van der Waals surface area contributed by atoms with Gasteiger partial charge in [0.2, 0.25) is 0 Å². The number of oxime groups is 1. The Bertz CT molecular complexity index is 769. The highest BCUT2D eigenvalue weighted by Crippen LogP contribution is 2.19. The zero-order valence-corrected chi connectivity index (χ0v) is 16.9. The lowest BCUT2D eigenvalue weighted by Crippen LogP contribution is -2.39. The number of hydrogen-bond acceptors (Lipinski definition) is 5. The second-order valence-corrected chi connectivity index (χ2v) is 7.41. The molecule has 2 atom stereocenters. The van der Waals surface area contributed by atoms with Crippen LogP contribution in [0.5, 0.6) is 0 Å². The van der Waals surface area contributed by atoms with Gasteiger partial charge >= 0.3 is 0 Å². The zero-order chi connectivity index (χ0) is 19.8. The maximum Gasteiger partial charge on any atom is 0.145 e. The van der Waals surface area contributed by atoms with Crippen LogP contribution in [-0.4, -0.2) is 54.2 Å². The Morgan fingerprint density at radius 1 is 1.25 bits per heavy atom. The van der Waals surface area contributed by atoms with Crippen LogP contribution in [0, 0.1) is 0 Å². The molecule has 6 heteroatoms. The molecule has 28 heavy (non-hydrogen) atoms. The minimum Gasteiger partial charge on any atom is -0.390 e. The summed E-state index contributed by atoms with van der Waals surface area (Å²) in [6, 6.07) is 17.9. The van der Waals surface area contributed by atoms with Crippen molar-refractivity contribution in [3.8, 4) is 0 Å². The van der Waals surface area contributed by atoms with Crippen LogP contribution in [0.1, 0.15) is 24.5 Å². The number of rotatable bonds is 10. The summed E-state index contributed by atoms with van der Waals surface area (Å²) in [5.41, 5.74) is 3.14. The summed E-state index contributed by atoms with van der Waals surface area (Å²) >= 11 is 6.13. The first-order valence-electron chi connectivity index (χ1n) is 9.64. The normalized spacial score (nSPS) is 17.4. The fourth-order valence-electron chi connectivity index (χ4n) is 3.32. The highest BCUT2D eigenvalue weighted by atomic mass is 35.5. The summed E-state index contributed by atoms with van der Waals surface area (Å²) in [6.07, 6.45) is 0.140. The van der Waals surface area contributed by atoms with E-state index >= 15 is 0 Å². The highest BCUT2D eigenvalue weighted by molar-refractivity contribution is 6.30. The molecular formula is C22H27ClN2O3. The lowest BCUT2D eigenvalue weighted by molar-refractivity contribution is 0.000496. The quantitative estimate of drug-likeness (QED) is 0.657. The van der Waals surface area contributed by atoms with Gasteiger partial charge in [0, 0.05) is 37.7 Å². The number of benzene rings is 2. The first kappa shape index (κ1) is 20.8. The Morgan fingerprint density at radius 3 is 2.82 bits per heavy atom. The molecule has 3 rings (SSSR count). The van der Waals surface area contributed by atoms with Gasteiger partial charge in [0.25, 0.3) is 0 Å². The minimum atomic E-state index is -0.560. The van der Waals surface area contributed by atoms with E-state index in [0.717, 1.165) is 23.3 Å². The largest absolute Gasteiger partial charge is 0.390 e. The Balaban J connectivity index is 1.62. The second kappa shape index (κ2) is 10.6. The summed E-state index contributed by atoms with van der Waals surface area (Å²) in [5, 5.41) is 15.3. The average molecular weight is 403 g/mol. The molecule has 0 saturated carbocycles. The van der Waals surface area contributed by atoms with E-state index in [0.29, 0.717) is 37.9 Å². The molecule has 0 bridgehead atoms.